The number of hydrogen-bond acceptors (Lipinski definition) is 6. The van der Waals surface area contributed by atoms with Crippen molar-refractivity contribution in [1.29, 1.82) is 0 Å². The second kappa shape index (κ2) is 6.69. The van der Waals surface area contributed by atoms with Gasteiger partial charge in [0.2, 0.25) is 0 Å². The molecule has 0 amide bonds. The number of nitrogens with one attached hydrogen (secondary N) is 1. The lowest BCUT2D eigenvalue weighted by molar-refractivity contribution is -0.384. The van der Waals surface area contributed by atoms with Crippen molar-refractivity contribution >= 4 is 17.6 Å². The van der Waals surface area contributed by atoms with Crippen molar-refractivity contribution in [2.24, 2.45) is 0 Å². The SMILES string of the molecule is O=[N+]([O-])c1ccc(SNOC2CCOCC2)cc1. The summed E-state index contributed by atoms with van der Waals surface area (Å²) < 4.78 is 5.22. The maximum Gasteiger partial charge on any atom is 0.269 e. The molecule has 0 saturated carbocycles. The Morgan fingerprint density at radius 3 is 2.61 bits per heavy atom. The summed E-state index contributed by atoms with van der Waals surface area (Å²) in [7, 11) is 0. The highest BCUT2D eigenvalue weighted by Gasteiger charge is 2.14. The fourth-order valence-corrected chi connectivity index (χ4v) is 2.12. The molecule has 1 aromatic rings. The Bertz CT molecular complexity index is 393. The highest BCUT2D eigenvalue weighted by atomic mass is 32.2. The lowest BCUT2D eigenvalue weighted by Crippen LogP contribution is -2.26. The maximum absolute atomic E-state index is 10.5. The van der Waals surface area contributed by atoms with Gasteiger partial charge in [-0.05, 0) is 36.9 Å². The molecule has 0 unspecified atom stereocenters. The third-order valence-corrected chi connectivity index (χ3v) is 3.28. The van der Waals surface area contributed by atoms with Crippen LogP contribution in [-0.2, 0) is 9.57 Å². The van der Waals surface area contributed by atoms with E-state index >= 15 is 0 Å². The van der Waals surface area contributed by atoms with Crippen LogP contribution in [0.2, 0.25) is 0 Å². The predicted molar refractivity (Wildman–Crippen MR) is 67.0 cm³/mol. The Labute approximate surface area is 109 Å². The van der Waals surface area contributed by atoms with Gasteiger partial charge in [0, 0.05) is 30.2 Å². The minimum Gasteiger partial charge on any atom is -0.381 e. The summed E-state index contributed by atoms with van der Waals surface area (Å²) in [6.45, 7) is 1.46. The van der Waals surface area contributed by atoms with E-state index in [-0.39, 0.29) is 11.8 Å². The Balaban J connectivity index is 1.74. The summed E-state index contributed by atoms with van der Waals surface area (Å²) in [5.74, 6) is 0. The minimum atomic E-state index is -0.416. The molecule has 0 radical (unpaired) electrons. The zero-order valence-corrected chi connectivity index (χ0v) is 10.5. The molecule has 1 heterocycles. The van der Waals surface area contributed by atoms with Gasteiger partial charge in [-0.3, -0.25) is 15.0 Å². The second-order valence-electron chi connectivity index (χ2n) is 3.87. The van der Waals surface area contributed by atoms with Crippen molar-refractivity contribution in [3.63, 3.8) is 0 Å². The zero-order chi connectivity index (χ0) is 12.8. The van der Waals surface area contributed by atoms with Crippen molar-refractivity contribution in [2.75, 3.05) is 13.2 Å². The molecule has 1 fully saturated rings. The molecule has 0 spiro atoms. The molecule has 1 saturated heterocycles. The van der Waals surface area contributed by atoms with Crippen LogP contribution in [-0.4, -0.2) is 24.2 Å². The van der Waals surface area contributed by atoms with E-state index in [9.17, 15) is 10.1 Å². The van der Waals surface area contributed by atoms with Crippen molar-refractivity contribution in [1.82, 2.24) is 4.89 Å². The Kier molecular flexibility index (Phi) is 4.94. The molecule has 1 aliphatic heterocycles. The largest absolute Gasteiger partial charge is 0.381 e. The predicted octanol–water partition coefficient (Wildman–Crippen LogP) is 2.30. The zero-order valence-electron chi connectivity index (χ0n) is 9.70. The maximum atomic E-state index is 10.5. The van der Waals surface area contributed by atoms with E-state index in [4.69, 9.17) is 9.57 Å². The van der Waals surface area contributed by atoms with Crippen LogP contribution < -0.4 is 4.89 Å². The van der Waals surface area contributed by atoms with Gasteiger partial charge in [-0.2, -0.15) is 0 Å². The molecule has 98 valence electrons. The molecule has 1 aromatic carbocycles. The van der Waals surface area contributed by atoms with Crippen molar-refractivity contribution in [3.8, 4) is 0 Å². The number of rotatable bonds is 5. The first-order valence-electron chi connectivity index (χ1n) is 5.65. The Morgan fingerprint density at radius 1 is 1.33 bits per heavy atom. The van der Waals surface area contributed by atoms with E-state index in [0.29, 0.717) is 0 Å². The molecular formula is C11H14N2O4S. The molecule has 2 rings (SSSR count). The number of nitro groups is 1. The first-order valence-corrected chi connectivity index (χ1v) is 6.47. The van der Waals surface area contributed by atoms with Crippen LogP contribution in [0.1, 0.15) is 12.8 Å². The third-order valence-electron chi connectivity index (χ3n) is 2.59. The van der Waals surface area contributed by atoms with Crippen molar-refractivity contribution in [3.05, 3.63) is 34.4 Å². The van der Waals surface area contributed by atoms with Crippen LogP contribution in [0.3, 0.4) is 0 Å². The summed E-state index contributed by atoms with van der Waals surface area (Å²) in [4.78, 5) is 19.2. The standard InChI is InChI=1S/C11H14N2O4S/c14-13(15)9-1-3-11(4-2-9)18-12-17-10-5-7-16-8-6-10/h1-4,10,12H,5-8H2. The quantitative estimate of drug-likeness (QED) is 0.503. The summed E-state index contributed by atoms with van der Waals surface area (Å²) in [6, 6.07) is 6.31. The lowest BCUT2D eigenvalue weighted by atomic mass is 10.2. The number of nitro benzene ring substituents is 1. The number of benzene rings is 1. The van der Waals surface area contributed by atoms with Crippen LogP contribution in [0.5, 0.6) is 0 Å². The lowest BCUT2D eigenvalue weighted by Gasteiger charge is -2.21. The van der Waals surface area contributed by atoms with Crippen LogP contribution in [0.15, 0.2) is 29.2 Å². The number of ether oxygens (including phenoxy) is 1. The van der Waals surface area contributed by atoms with E-state index < -0.39 is 4.92 Å². The van der Waals surface area contributed by atoms with Crippen molar-refractivity contribution in [2.45, 2.75) is 23.8 Å². The van der Waals surface area contributed by atoms with E-state index in [1.807, 2.05) is 0 Å². The van der Waals surface area contributed by atoms with E-state index in [0.717, 1.165) is 31.0 Å². The first-order chi connectivity index (χ1) is 8.75. The van der Waals surface area contributed by atoms with Crippen LogP contribution in [0, 0.1) is 10.1 Å². The number of hydrogen-bond donors (Lipinski definition) is 1. The molecule has 0 bridgehead atoms. The van der Waals surface area contributed by atoms with Gasteiger partial charge in [0.15, 0.2) is 0 Å². The topological polar surface area (TPSA) is 73.6 Å². The van der Waals surface area contributed by atoms with E-state index in [2.05, 4.69) is 4.89 Å². The summed E-state index contributed by atoms with van der Waals surface area (Å²) in [6.07, 6.45) is 1.94. The summed E-state index contributed by atoms with van der Waals surface area (Å²) >= 11 is 1.30. The van der Waals surface area contributed by atoms with Gasteiger partial charge < -0.3 is 4.74 Å². The Hall–Kier alpha value is -1.15. The van der Waals surface area contributed by atoms with Gasteiger partial charge in [-0.15, -0.1) is 4.89 Å². The normalized spacial score (nSPS) is 16.7. The van der Waals surface area contributed by atoms with Crippen molar-refractivity contribution < 1.29 is 14.5 Å². The highest BCUT2D eigenvalue weighted by Crippen LogP contribution is 2.20. The van der Waals surface area contributed by atoms with E-state index in [1.54, 1.807) is 12.1 Å². The fourth-order valence-electron chi connectivity index (χ4n) is 1.57. The third kappa shape index (κ3) is 3.95. The van der Waals surface area contributed by atoms with Crippen LogP contribution >= 0.6 is 11.9 Å². The summed E-state index contributed by atoms with van der Waals surface area (Å²) in [5.41, 5.74) is 0.0877. The molecule has 0 aromatic heterocycles. The molecule has 6 nitrogen and oxygen atoms in total. The molecule has 0 aliphatic carbocycles. The van der Waals surface area contributed by atoms with Gasteiger partial charge in [0.1, 0.15) is 0 Å². The minimum absolute atomic E-state index is 0.0877. The van der Waals surface area contributed by atoms with Crippen LogP contribution in [0.25, 0.3) is 0 Å². The summed E-state index contributed by atoms with van der Waals surface area (Å²) in [5, 5.41) is 10.5. The second-order valence-corrected chi connectivity index (χ2v) is 4.71. The smallest absolute Gasteiger partial charge is 0.269 e. The van der Waals surface area contributed by atoms with E-state index in [1.165, 1.54) is 24.1 Å². The number of nitrogens with zero attached hydrogens (tertiary/aromatic N) is 1. The molecule has 1 aliphatic rings. The average Bonchev–Trinajstić information content (AvgIpc) is 2.40. The highest BCUT2D eigenvalue weighted by molar-refractivity contribution is 7.97. The monoisotopic (exact) mass is 270 g/mol. The first kappa shape index (κ1) is 13.3. The fraction of sp³-hybridized carbons (Fsp3) is 0.455. The van der Waals surface area contributed by atoms with Gasteiger partial charge in [0.25, 0.3) is 5.69 Å². The molecule has 7 heteroatoms. The molecule has 1 N–H and O–H groups in total. The van der Waals surface area contributed by atoms with Gasteiger partial charge in [-0.1, -0.05) is 0 Å². The molecular weight excluding hydrogens is 256 g/mol. The molecule has 18 heavy (non-hydrogen) atoms. The van der Waals surface area contributed by atoms with Gasteiger partial charge in [-0.25, -0.2) is 0 Å². The average molecular weight is 270 g/mol. The van der Waals surface area contributed by atoms with Gasteiger partial charge >= 0.3 is 0 Å². The number of non-ortho nitro benzene ring substituents is 1. The van der Waals surface area contributed by atoms with Gasteiger partial charge in [0.05, 0.1) is 11.0 Å². The molecule has 0 atom stereocenters. The van der Waals surface area contributed by atoms with Crippen LogP contribution in [0.4, 0.5) is 5.69 Å². The Morgan fingerprint density at radius 2 is 2.00 bits per heavy atom.